The van der Waals surface area contributed by atoms with Crippen LogP contribution < -0.4 is 0 Å². The molecule has 36 heavy (non-hydrogen) atoms. The van der Waals surface area contributed by atoms with Crippen LogP contribution in [-0.2, 0) is 20.7 Å². The molecule has 0 spiro atoms. The zero-order chi connectivity index (χ0) is 25.9. The molecule has 0 aliphatic heterocycles. The predicted molar refractivity (Wildman–Crippen MR) is 155 cm³/mol. The Morgan fingerprint density at radius 3 is 1.67 bits per heavy atom. The van der Waals surface area contributed by atoms with E-state index >= 15 is 0 Å². The summed E-state index contributed by atoms with van der Waals surface area (Å²) in [6.45, 7) is 4.77. The van der Waals surface area contributed by atoms with E-state index in [2.05, 4.69) is 19.9 Å². The highest BCUT2D eigenvalue weighted by Gasteiger charge is 2.22. The average molecular weight is 517 g/mol. The van der Waals surface area contributed by atoms with Crippen molar-refractivity contribution in [3.05, 3.63) is 42.0 Å². The first-order chi connectivity index (χ1) is 17.6. The smallest absolute Gasteiger partial charge is 0.266 e. The van der Waals surface area contributed by atoms with Crippen LogP contribution in [0.5, 0.6) is 0 Å². The van der Waals surface area contributed by atoms with Crippen molar-refractivity contribution in [2.45, 2.75) is 141 Å². The Hall–Kier alpha value is -1.39. The Kier molecular flexibility index (Phi) is 16.1. The molecule has 2 aromatic rings. The Morgan fingerprint density at radius 2 is 1.08 bits per heavy atom. The van der Waals surface area contributed by atoms with Gasteiger partial charge in [0.2, 0.25) is 0 Å². The lowest BCUT2D eigenvalue weighted by molar-refractivity contribution is 0.306. The molecule has 4 heteroatoms. The van der Waals surface area contributed by atoms with Crippen molar-refractivity contribution >= 4 is 20.9 Å². The van der Waals surface area contributed by atoms with Gasteiger partial charge in [-0.3, -0.25) is 4.18 Å². The summed E-state index contributed by atoms with van der Waals surface area (Å²) in [5.74, 6) is 0. The third-order valence-electron chi connectivity index (χ3n) is 7.25. The van der Waals surface area contributed by atoms with Gasteiger partial charge in [-0.25, -0.2) is 0 Å². The van der Waals surface area contributed by atoms with Crippen LogP contribution in [0.2, 0.25) is 0 Å². The third kappa shape index (κ3) is 11.8. The highest BCUT2D eigenvalue weighted by Crippen LogP contribution is 2.30. The number of hydrogen-bond donors (Lipinski definition) is 0. The lowest BCUT2D eigenvalue weighted by atomic mass is 10.0. The van der Waals surface area contributed by atoms with E-state index in [0.717, 1.165) is 54.9 Å². The number of hydrogen-bond acceptors (Lipinski definition) is 3. The molecule has 204 valence electrons. The van der Waals surface area contributed by atoms with Crippen molar-refractivity contribution in [1.82, 2.24) is 0 Å². The van der Waals surface area contributed by atoms with Gasteiger partial charge in [-0.05, 0) is 30.2 Å². The summed E-state index contributed by atoms with van der Waals surface area (Å²) >= 11 is 0. The molecule has 0 radical (unpaired) electrons. The summed E-state index contributed by atoms with van der Waals surface area (Å²) in [6, 6.07) is 11.8. The van der Waals surface area contributed by atoms with E-state index in [1.807, 2.05) is 30.3 Å². The van der Waals surface area contributed by atoms with E-state index in [1.54, 1.807) is 0 Å². The summed E-state index contributed by atoms with van der Waals surface area (Å²) in [7, 11) is -3.79. The summed E-state index contributed by atoms with van der Waals surface area (Å²) in [5, 5.41) is 1.75. The minimum Gasteiger partial charge on any atom is -0.266 e. The predicted octanol–water partition coefficient (Wildman–Crippen LogP) is 10.1. The maximum Gasteiger partial charge on any atom is 0.297 e. The molecule has 0 saturated heterocycles. The van der Waals surface area contributed by atoms with Crippen LogP contribution in [0.25, 0.3) is 10.8 Å². The van der Waals surface area contributed by atoms with Crippen molar-refractivity contribution in [3.8, 4) is 0 Å². The average Bonchev–Trinajstić information content (AvgIpc) is 2.88. The number of aryl methyl sites for hydroxylation is 1. The van der Waals surface area contributed by atoms with Crippen LogP contribution >= 0.6 is 0 Å². The second-order valence-electron chi connectivity index (χ2n) is 10.5. The maximum atomic E-state index is 13.3. The molecular formula is C32H52O3S. The molecule has 0 atom stereocenters. The summed E-state index contributed by atoms with van der Waals surface area (Å²) in [6.07, 6.45) is 22.9. The van der Waals surface area contributed by atoms with Crippen LogP contribution in [-0.4, -0.2) is 15.0 Å². The second-order valence-corrected chi connectivity index (χ2v) is 12.0. The lowest BCUT2D eigenvalue weighted by Gasteiger charge is -2.14. The van der Waals surface area contributed by atoms with Gasteiger partial charge in [-0.15, -0.1) is 0 Å². The SMILES string of the molecule is CCCCCCCCCCCOS(=O)(=O)c1c(CCCCCCCCCCC)ccc2ccccc12. The molecule has 0 bridgehead atoms. The van der Waals surface area contributed by atoms with Gasteiger partial charge < -0.3 is 0 Å². The molecular weight excluding hydrogens is 464 g/mol. The number of benzene rings is 2. The largest absolute Gasteiger partial charge is 0.297 e. The Bertz CT molecular complexity index is 936. The first kappa shape index (κ1) is 30.8. The van der Waals surface area contributed by atoms with Gasteiger partial charge in [-0.1, -0.05) is 153 Å². The zero-order valence-corrected chi connectivity index (χ0v) is 24.1. The maximum absolute atomic E-state index is 13.3. The van der Waals surface area contributed by atoms with Crippen LogP contribution in [0.4, 0.5) is 0 Å². The zero-order valence-electron chi connectivity index (χ0n) is 23.2. The topological polar surface area (TPSA) is 43.4 Å². The lowest BCUT2D eigenvalue weighted by Crippen LogP contribution is -2.11. The molecule has 0 fully saturated rings. The summed E-state index contributed by atoms with van der Waals surface area (Å²) < 4.78 is 32.3. The number of unbranched alkanes of at least 4 members (excludes halogenated alkanes) is 16. The van der Waals surface area contributed by atoms with Crippen molar-refractivity contribution in [3.63, 3.8) is 0 Å². The summed E-state index contributed by atoms with van der Waals surface area (Å²) in [4.78, 5) is 0.399. The molecule has 0 heterocycles. The molecule has 0 unspecified atom stereocenters. The van der Waals surface area contributed by atoms with Crippen molar-refractivity contribution in [2.24, 2.45) is 0 Å². The molecule has 2 rings (SSSR count). The van der Waals surface area contributed by atoms with Gasteiger partial charge in [-0.2, -0.15) is 8.42 Å². The quantitative estimate of drug-likeness (QED) is 0.115. The van der Waals surface area contributed by atoms with Crippen LogP contribution in [0.3, 0.4) is 0 Å². The van der Waals surface area contributed by atoms with Crippen molar-refractivity contribution in [1.29, 1.82) is 0 Å². The van der Waals surface area contributed by atoms with Crippen molar-refractivity contribution in [2.75, 3.05) is 6.61 Å². The standard InChI is InChI=1S/C32H52O3S/c1-3-5-7-9-11-13-15-17-19-24-30-27-26-29-23-20-21-25-31(29)32(30)36(33,34)35-28-22-18-16-14-12-10-8-6-4-2/h20-21,23,25-27H,3-19,22,24,28H2,1-2H3. The Labute approximate surface area is 222 Å². The van der Waals surface area contributed by atoms with Crippen LogP contribution in [0.1, 0.15) is 135 Å². The molecule has 0 aliphatic rings. The third-order valence-corrected chi connectivity index (χ3v) is 8.71. The van der Waals surface area contributed by atoms with Gasteiger partial charge >= 0.3 is 0 Å². The van der Waals surface area contributed by atoms with E-state index in [9.17, 15) is 8.42 Å². The molecule has 0 N–H and O–H groups in total. The van der Waals surface area contributed by atoms with Crippen LogP contribution in [0.15, 0.2) is 41.3 Å². The fourth-order valence-electron chi connectivity index (χ4n) is 5.05. The van der Waals surface area contributed by atoms with E-state index in [4.69, 9.17) is 4.18 Å². The first-order valence-corrected chi connectivity index (χ1v) is 16.4. The van der Waals surface area contributed by atoms with E-state index < -0.39 is 10.1 Å². The molecule has 0 aromatic heterocycles. The van der Waals surface area contributed by atoms with Gasteiger partial charge in [0.15, 0.2) is 0 Å². The monoisotopic (exact) mass is 516 g/mol. The fraction of sp³-hybridized carbons (Fsp3) is 0.688. The molecule has 3 nitrogen and oxygen atoms in total. The molecule has 0 aliphatic carbocycles. The minimum atomic E-state index is -3.79. The Morgan fingerprint density at radius 1 is 0.583 bits per heavy atom. The van der Waals surface area contributed by atoms with Crippen molar-refractivity contribution < 1.29 is 12.6 Å². The number of rotatable bonds is 22. The number of fused-ring (bicyclic) bond motifs is 1. The van der Waals surface area contributed by atoms with E-state index in [1.165, 1.54) is 83.5 Å². The van der Waals surface area contributed by atoms with E-state index in [-0.39, 0.29) is 6.61 Å². The molecule has 2 aromatic carbocycles. The van der Waals surface area contributed by atoms with Crippen LogP contribution in [0, 0.1) is 0 Å². The molecule has 0 saturated carbocycles. The van der Waals surface area contributed by atoms with Gasteiger partial charge in [0.1, 0.15) is 4.90 Å². The van der Waals surface area contributed by atoms with Gasteiger partial charge in [0, 0.05) is 5.39 Å². The molecule has 0 amide bonds. The first-order valence-electron chi connectivity index (χ1n) is 15.0. The van der Waals surface area contributed by atoms with Gasteiger partial charge in [0.25, 0.3) is 10.1 Å². The van der Waals surface area contributed by atoms with Gasteiger partial charge in [0.05, 0.1) is 6.61 Å². The summed E-state index contributed by atoms with van der Waals surface area (Å²) in [5.41, 5.74) is 0.906. The Balaban J connectivity index is 1.85. The fourth-order valence-corrected chi connectivity index (χ4v) is 6.45. The minimum absolute atomic E-state index is 0.277. The highest BCUT2D eigenvalue weighted by molar-refractivity contribution is 7.87. The van der Waals surface area contributed by atoms with E-state index in [0.29, 0.717) is 4.90 Å². The normalized spacial score (nSPS) is 11.9. The second kappa shape index (κ2) is 18.8. The highest BCUT2D eigenvalue weighted by atomic mass is 32.2.